The first-order valence-corrected chi connectivity index (χ1v) is 5.97. The lowest BCUT2D eigenvalue weighted by Gasteiger charge is -2.22. The molecule has 0 aromatic carbocycles. The van der Waals surface area contributed by atoms with Crippen LogP contribution in [0.3, 0.4) is 0 Å². The van der Waals surface area contributed by atoms with Crippen molar-refractivity contribution in [1.29, 1.82) is 0 Å². The number of nitrogens with two attached hydrogens (primary N) is 1. The largest absolute Gasteiger partial charge is 0.366 e. The first-order valence-electron chi connectivity index (χ1n) is 5.09. The van der Waals surface area contributed by atoms with Gasteiger partial charge in [0.2, 0.25) is 5.95 Å². The number of rotatable bonds is 1. The minimum atomic E-state index is 0.346. The summed E-state index contributed by atoms with van der Waals surface area (Å²) >= 11 is 1.77. The summed E-state index contributed by atoms with van der Waals surface area (Å²) in [5, 5.41) is 6.38. The zero-order chi connectivity index (χ0) is 10.3. The van der Waals surface area contributed by atoms with E-state index in [1.807, 2.05) is 4.68 Å². The fraction of sp³-hybridized carbons (Fsp3) is 0.400. The van der Waals surface area contributed by atoms with Crippen LogP contribution >= 0.6 is 11.3 Å². The number of thiophene rings is 1. The molecule has 0 amide bonds. The molecule has 0 fully saturated rings. The van der Waals surface area contributed by atoms with Crippen LogP contribution in [0.5, 0.6) is 0 Å². The molecule has 0 aliphatic carbocycles. The molecule has 15 heavy (non-hydrogen) atoms. The van der Waals surface area contributed by atoms with Gasteiger partial charge in [0, 0.05) is 11.3 Å². The molecule has 4 nitrogen and oxygen atoms in total. The van der Waals surface area contributed by atoms with Gasteiger partial charge in [-0.05, 0) is 24.3 Å². The van der Waals surface area contributed by atoms with Crippen molar-refractivity contribution < 1.29 is 0 Å². The van der Waals surface area contributed by atoms with E-state index in [2.05, 4.69) is 27.6 Å². The molecular weight excluding hydrogens is 208 g/mol. The normalized spacial score (nSPS) is 20.1. The lowest BCUT2D eigenvalue weighted by Crippen LogP contribution is -2.19. The molecule has 0 saturated heterocycles. The third-order valence-electron chi connectivity index (χ3n) is 2.76. The van der Waals surface area contributed by atoms with E-state index in [4.69, 9.17) is 5.73 Å². The minimum Gasteiger partial charge on any atom is -0.366 e. The van der Waals surface area contributed by atoms with Crippen molar-refractivity contribution in [3.8, 4) is 0 Å². The van der Waals surface area contributed by atoms with Crippen LogP contribution in [0.25, 0.3) is 0 Å². The molecule has 3 heterocycles. The van der Waals surface area contributed by atoms with Crippen LogP contribution < -0.4 is 5.73 Å². The van der Waals surface area contributed by atoms with E-state index in [0.29, 0.717) is 12.0 Å². The van der Waals surface area contributed by atoms with Crippen molar-refractivity contribution in [2.24, 2.45) is 0 Å². The molecule has 78 valence electrons. The van der Waals surface area contributed by atoms with Crippen LogP contribution in [-0.4, -0.2) is 14.8 Å². The molecule has 1 atom stereocenters. The SMILES string of the molecule is Nc1nc2n(n1)C(c1cccs1)CCC2. The molecule has 1 aliphatic rings. The van der Waals surface area contributed by atoms with Gasteiger partial charge in [-0.1, -0.05) is 6.07 Å². The highest BCUT2D eigenvalue weighted by Gasteiger charge is 2.24. The van der Waals surface area contributed by atoms with E-state index < -0.39 is 0 Å². The zero-order valence-corrected chi connectivity index (χ0v) is 9.07. The Morgan fingerprint density at radius 2 is 2.47 bits per heavy atom. The highest BCUT2D eigenvalue weighted by Crippen LogP contribution is 2.32. The van der Waals surface area contributed by atoms with Crippen molar-refractivity contribution in [1.82, 2.24) is 14.8 Å². The van der Waals surface area contributed by atoms with Crippen molar-refractivity contribution in [3.05, 3.63) is 28.2 Å². The van der Waals surface area contributed by atoms with Gasteiger partial charge in [0.15, 0.2) is 0 Å². The lowest BCUT2D eigenvalue weighted by atomic mass is 10.0. The van der Waals surface area contributed by atoms with Gasteiger partial charge in [0.25, 0.3) is 0 Å². The van der Waals surface area contributed by atoms with Crippen LogP contribution in [0.1, 0.15) is 29.6 Å². The summed E-state index contributed by atoms with van der Waals surface area (Å²) < 4.78 is 1.99. The first-order chi connectivity index (χ1) is 7.34. The first kappa shape index (κ1) is 8.91. The number of nitrogens with zero attached hydrogens (tertiary/aromatic N) is 3. The minimum absolute atomic E-state index is 0.346. The second-order valence-electron chi connectivity index (χ2n) is 3.75. The molecule has 0 saturated carbocycles. The van der Waals surface area contributed by atoms with Gasteiger partial charge in [-0.2, -0.15) is 4.98 Å². The van der Waals surface area contributed by atoms with E-state index >= 15 is 0 Å². The van der Waals surface area contributed by atoms with Crippen molar-refractivity contribution in [2.45, 2.75) is 25.3 Å². The highest BCUT2D eigenvalue weighted by atomic mass is 32.1. The second-order valence-corrected chi connectivity index (χ2v) is 4.73. The summed E-state index contributed by atoms with van der Waals surface area (Å²) in [5.41, 5.74) is 5.63. The van der Waals surface area contributed by atoms with Crippen molar-refractivity contribution in [3.63, 3.8) is 0 Å². The molecule has 1 aliphatic heterocycles. The maximum absolute atomic E-state index is 5.63. The van der Waals surface area contributed by atoms with E-state index in [1.54, 1.807) is 11.3 Å². The van der Waals surface area contributed by atoms with Crippen LogP contribution in [0.2, 0.25) is 0 Å². The number of anilines is 1. The molecule has 5 heteroatoms. The topological polar surface area (TPSA) is 56.7 Å². The number of hydrogen-bond donors (Lipinski definition) is 1. The Bertz CT molecular complexity index is 460. The Morgan fingerprint density at radius 3 is 3.27 bits per heavy atom. The fourth-order valence-electron chi connectivity index (χ4n) is 2.11. The van der Waals surface area contributed by atoms with Gasteiger partial charge in [-0.3, -0.25) is 0 Å². The van der Waals surface area contributed by atoms with Crippen molar-refractivity contribution >= 4 is 17.3 Å². The summed E-state index contributed by atoms with van der Waals surface area (Å²) in [5.74, 6) is 1.42. The number of aryl methyl sites for hydroxylation is 1. The van der Waals surface area contributed by atoms with Crippen LogP contribution in [0.15, 0.2) is 17.5 Å². The Labute approximate surface area is 91.7 Å². The molecule has 2 aromatic rings. The van der Waals surface area contributed by atoms with Gasteiger partial charge in [-0.15, -0.1) is 16.4 Å². The van der Waals surface area contributed by atoms with Crippen LogP contribution in [0.4, 0.5) is 5.95 Å². The summed E-state index contributed by atoms with van der Waals surface area (Å²) in [6, 6.07) is 4.58. The Morgan fingerprint density at radius 1 is 1.53 bits per heavy atom. The molecular formula is C10H12N4S. The van der Waals surface area contributed by atoms with E-state index in [-0.39, 0.29) is 0 Å². The fourth-order valence-corrected chi connectivity index (χ4v) is 2.96. The van der Waals surface area contributed by atoms with Crippen LogP contribution in [0, 0.1) is 0 Å². The van der Waals surface area contributed by atoms with Gasteiger partial charge in [0.1, 0.15) is 5.82 Å². The van der Waals surface area contributed by atoms with Crippen molar-refractivity contribution in [2.75, 3.05) is 5.73 Å². The average molecular weight is 220 g/mol. The number of aromatic nitrogens is 3. The molecule has 2 N–H and O–H groups in total. The van der Waals surface area contributed by atoms with Gasteiger partial charge in [-0.25, -0.2) is 4.68 Å². The predicted molar refractivity (Wildman–Crippen MR) is 59.8 cm³/mol. The molecule has 1 unspecified atom stereocenters. The average Bonchev–Trinajstić information content (AvgIpc) is 2.82. The Kier molecular flexibility index (Phi) is 1.98. The van der Waals surface area contributed by atoms with E-state index in [9.17, 15) is 0 Å². The monoisotopic (exact) mass is 220 g/mol. The maximum atomic E-state index is 5.63. The van der Waals surface area contributed by atoms with E-state index in [1.165, 1.54) is 11.3 Å². The second kappa shape index (κ2) is 3.34. The maximum Gasteiger partial charge on any atom is 0.239 e. The van der Waals surface area contributed by atoms with Gasteiger partial charge in [0.05, 0.1) is 6.04 Å². The lowest BCUT2D eigenvalue weighted by molar-refractivity contribution is 0.418. The molecule has 2 aromatic heterocycles. The Hall–Kier alpha value is -1.36. The summed E-state index contributed by atoms with van der Waals surface area (Å²) in [7, 11) is 0. The third kappa shape index (κ3) is 1.43. The highest BCUT2D eigenvalue weighted by molar-refractivity contribution is 7.10. The standard InChI is InChI=1S/C10H12N4S/c11-10-12-9-5-1-3-7(14(9)13-10)8-4-2-6-15-8/h2,4,6-7H,1,3,5H2,(H2,11,13). The third-order valence-corrected chi connectivity index (χ3v) is 3.74. The number of nitrogen functional groups attached to an aromatic ring is 1. The smallest absolute Gasteiger partial charge is 0.239 e. The summed E-state index contributed by atoms with van der Waals surface area (Å²) in [6.45, 7) is 0. The Balaban J connectivity index is 2.06. The molecule has 0 spiro atoms. The van der Waals surface area contributed by atoms with E-state index in [0.717, 1.165) is 18.7 Å². The zero-order valence-electron chi connectivity index (χ0n) is 8.26. The molecule has 0 radical (unpaired) electrons. The molecule has 0 bridgehead atoms. The summed E-state index contributed by atoms with van der Waals surface area (Å²) in [6.07, 6.45) is 3.29. The quantitative estimate of drug-likeness (QED) is 0.798. The predicted octanol–water partition coefficient (Wildman–Crippen LogP) is 1.85. The summed E-state index contributed by atoms with van der Waals surface area (Å²) in [4.78, 5) is 5.59. The van der Waals surface area contributed by atoms with Gasteiger partial charge < -0.3 is 5.73 Å². The van der Waals surface area contributed by atoms with Crippen LogP contribution in [-0.2, 0) is 6.42 Å². The number of hydrogen-bond acceptors (Lipinski definition) is 4. The molecule has 3 rings (SSSR count). The number of fused-ring (bicyclic) bond motifs is 1. The van der Waals surface area contributed by atoms with Gasteiger partial charge >= 0.3 is 0 Å².